The molecule has 8 nitrogen and oxygen atoms in total. The van der Waals surface area contributed by atoms with Gasteiger partial charge in [-0.05, 0) is 69.7 Å². The highest BCUT2D eigenvalue weighted by atomic mass is 79.9. The molecule has 2 heterocycles. The molecule has 2 N–H and O–H groups in total. The van der Waals surface area contributed by atoms with Gasteiger partial charge >= 0.3 is 6.18 Å². The summed E-state index contributed by atoms with van der Waals surface area (Å²) in [6.07, 6.45) is -3.46. The van der Waals surface area contributed by atoms with Crippen molar-refractivity contribution in [1.29, 1.82) is 0 Å². The summed E-state index contributed by atoms with van der Waals surface area (Å²) in [7, 11) is 0. The van der Waals surface area contributed by atoms with Crippen molar-refractivity contribution in [1.82, 2.24) is 14.5 Å². The van der Waals surface area contributed by atoms with Crippen molar-refractivity contribution in [2.75, 3.05) is 11.9 Å². The molecule has 1 aromatic heterocycles. The van der Waals surface area contributed by atoms with Gasteiger partial charge < -0.3 is 20.1 Å². The van der Waals surface area contributed by atoms with Crippen LogP contribution >= 0.6 is 15.9 Å². The van der Waals surface area contributed by atoms with E-state index in [0.29, 0.717) is 22.7 Å². The Morgan fingerprint density at radius 3 is 2.56 bits per heavy atom. The first-order chi connectivity index (χ1) is 19.3. The Balaban J connectivity index is 1.72. The molecule has 4 rings (SSSR count). The highest BCUT2D eigenvalue weighted by Gasteiger charge is 2.36. The highest BCUT2D eigenvalue weighted by molar-refractivity contribution is 9.10. The molecule has 0 spiro atoms. The molecule has 1 amide bonds. The number of halogens is 4. The topological polar surface area (TPSA) is 96.7 Å². The number of amides is 1. The van der Waals surface area contributed by atoms with Gasteiger partial charge in [-0.1, -0.05) is 22.0 Å². The van der Waals surface area contributed by atoms with E-state index < -0.39 is 29.8 Å². The SMILES string of the molecule is C=C[C@H](C)Nc1nc2c(c(=O)n1-c1ccc(OC[C@H](C)O)cc1)C[C@@H](C)N(C(=O)c1ccc(Br)c(C(F)(F)F)c1)C2. The van der Waals surface area contributed by atoms with Crippen LogP contribution in [-0.2, 0) is 19.1 Å². The van der Waals surface area contributed by atoms with Gasteiger partial charge in [0.25, 0.3) is 11.5 Å². The molecular formula is C29H30BrF3N4O4. The summed E-state index contributed by atoms with van der Waals surface area (Å²) in [6.45, 7) is 9.03. The van der Waals surface area contributed by atoms with Crippen LogP contribution in [0.1, 0.15) is 48.0 Å². The van der Waals surface area contributed by atoms with Crippen molar-refractivity contribution in [3.63, 3.8) is 0 Å². The van der Waals surface area contributed by atoms with Crippen LogP contribution in [0.5, 0.6) is 5.75 Å². The second-order valence-electron chi connectivity index (χ2n) is 10.0. The average Bonchev–Trinajstić information content (AvgIpc) is 2.92. The van der Waals surface area contributed by atoms with Crippen LogP contribution in [0, 0.1) is 0 Å². The summed E-state index contributed by atoms with van der Waals surface area (Å²) in [5, 5.41) is 12.6. The van der Waals surface area contributed by atoms with Crippen molar-refractivity contribution in [3.05, 3.63) is 92.3 Å². The number of aromatic nitrogens is 2. The first kappa shape index (κ1) is 30.3. The number of ether oxygens (including phenoxy) is 1. The summed E-state index contributed by atoms with van der Waals surface area (Å²) in [5.74, 6) is 0.157. The van der Waals surface area contributed by atoms with E-state index in [4.69, 9.17) is 9.72 Å². The average molecular weight is 635 g/mol. The van der Waals surface area contributed by atoms with E-state index in [-0.39, 0.29) is 47.2 Å². The summed E-state index contributed by atoms with van der Waals surface area (Å²) in [6, 6.07) is 9.39. The lowest BCUT2D eigenvalue weighted by Crippen LogP contribution is -2.46. The fraction of sp³-hybridized carbons (Fsp3) is 0.345. The predicted molar refractivity (Wildman–Crippen MR) is 152 cm³/mol. The lowest BCUT2D eigenvalue weighted by molar-refractivity contribution is -0.138. The number of carbonyl (C=O) groups excluding carboxylic acids is 1. The molecule has 12 heteroatoms. The molecule has 3 aromatic rings. The van der Waals surface area contributed by atoms with Crippen molar-refractivity contribution >= 4 is 27.8 Å². The monoisotopic (exact) mass is 634 g/mol. The van der Waals surface area contributed by atoms with Gasteiger partial charge in [0.2, 0.25) is 5.95 Å². The van der Waals surface area contributed by atoms with Crippen molar-refractivity contribution < 1.29 is 27.8 Å². The molecule has 0 aliphatic carbocycles. The number of hydrogen-bond acceptors (Lipinski definition) is 6. The van der Waals surface area contributed by atoms with Gasteiger partial charge in [-0.2, -0.15) is 13.2 Å². The Bertz CT molecular complexity index is 1510. The molecule has 0 radical (unpaired) electrons. The number of fused-ring (bicyclic) bond motifs is 1. The maximum Gasteiger partial charge on any atom is 0.417 e. The first-order valence-electron chi connectivity index (χ1n) is 12.9. The lowest BCUT2D eigenvalue weighted by atomic mass is 9.98. The second-order valence-corrected chi connectivity index (χ2v) is 10.9. The molecule has 218 valence electrons. The molecule has 0 saturated carbocycles. The minimum absolute atomic E-state index is 0.0495. The van der Waals surface area contributed by atoms with Crippen LogP contribution < -0.4 is 15.6 Å². The van der Waals surface area contributed by atoms with Crippen LogP contribution in [0.2, 0.25) is 0 Å². The minimum Gasteiger partial charge on any atom is -0.491 e. The van der Waals surface area contributed by atoms with E-state index in [1.807, 2.05) is 6.92 Å². The van der Waals surface area contributed by atoms with E-state index in [9.17, 15) is 27.9 Å². The molecular weight excluding hydrogens is 605 g/mol. The van der Waals surface area contributed by atoms with E-state index in [1.165, 1.54) is 21.6 Å². The zero-order valence-corrected chi connectivity index (χ0v) is 24.3. The van der Waals surface area contributed by atoms with Gasteiger partial charge in [0.15, 0.2) is 0 Å². The third-order valence-corrected chi connectivity index (χ3v) is 7.38. The van der Waals surface area contributed by atoms with Crippen molar-refractivity contribution in [2.24, 2.45) is 0 Å². The van der Waals surface area contributed by atoms with Gasteiger partial charge in [-0.15, -0.1) is 6.58 Å². The number of nitrogens with zero attached hydrogens (tertiary/aromatic N) is 3. The predicted octanol–water partition coefficient (Wildman–Crippen LogP) is 5.35. The van der Waals surface area contributed by atoms with Crippen LogP contribution in [0.25, 0.3) is 5.69 Å². The van der Waals surface area contributed by atoms with Crippen LogP contribution in [-0.4, -0.2) is 50.3 Å². The molecule has 41 heavy (non-hydrogen) atoms. The standard InChI is InChI=1S/C29H30BrF3N4O4/c1-5-16(2)34-28-35-25-14-36(26(39)19-6-11-24(30)23(13-19)29(31,32)33)17(3)12-22(25)27(40)37(28)20-7-9-21(10-8-20)41-15-18(4)38/h5-11,13,16-18,38H,1,12,14-15H2,2-4H3,(H,34,35)/t16-,17+,18-/m0/s1. The minimum atomic E-state index is -4.63. The van der Waals surface area contributed by atoms with Crippen molar-refractivity contribution in [3.8, 4) is 11.4 Å². The maximum atomic E-state index is 13.8. The molecule has 0 fully saturated rings. The Kier molecular flexibility index (Phi) is 8.93. The third kappa shape index (κ3) is 6.65. The highest BCUT2D eigenvalue weighted by Crippen LogP contribution is 2.36. The number of alkyl halides is 3. The first-order valence-corrected chi connectivity index (χ1v) is 13.7. The number of aliphatic hydroxyl groups is 1. The molecule has 1 aliphatic rings. The molecule has 0 unspecified atom stereocenters. The smallest absolute Gasteiger partial charge is 0.417 e. The summed E-state index contributed by atoms with van der Waals surface area (Å²) in [5.41, 5.74) is -0.0779. The number of hydrogen-bond donors (Lipinski definition) is 2. The van der Waals surface area contributed by atoms with Crippen molar-refractivity contribution in [2.45, 2.75) is 58.1 Å². The Hall–Kier alpha value is -3.64. The molecule has 0 saturated heterocycles. The summed E-state index contributed by atoms with van der Waals surface area (Å²) in [4.78, 5) is 33.4. The number of rotatable bonds is 8. The zero-order chi connectivity index (χ0) is 30.1. The van der Waals surface area contributed by atoms with Gasteiger partial charge in [0.05, 0.1) is 29.6 Å². The van der Waals surface area contributed by atoms with Gasteiger partial charge in [0, 0.05) is 27.7 Å². The molecule has 1 aliphatic heterocycles. The summed E-state index contributed by atoms with van der Waals surface area (Å²) < 4.78 is 47.2. The molecule has 0 bridgehead atoms. The van der Waals surface area contributed by atoms with Crippen LogP contribution in [0.15, 0.2) is 64.4 Å². The molecule has 2 aromatic carbocycles. The molecule has 3 atom stereocenters. The number of benzene rings is 2. The van der Waals surface area contributed by atoms with Gasteiger partial charge in [-0.25, -0.2) is 9.55 Å². The van der Waals surface area contributed by atoms with E-state index in [1.54, 1.807) is 44.2 Å². The van der Waals surface area contributed by atoms with Gasteiger partial charge in [0.1, 0.15) is 12.4 Å². The van der Waals surface area contributed by atoms with E-state index in [0.717, 1.165) is 6.07 Å². The normalized spacial score (nSPS) is 16.5. The number of carbonyl (C=O) groups is 1. The van der Waals surface area contributed by atoms with Gasteiger partial charge in [-0.3, -0.25) is 9.59 Å². The lowest BCUT2D eigenvalue weighted by Gasteiger charge is -2.35. The number of nitrogens with one attached hydrogen (secondary N) is 1. The van der Waals surface area contributed by atoms with Crippen LogP contribution in [0.3, 0.4) is 0 Å². The van der Waals surface area contributed by atoms with E-state index in [2.05, 4.69) is 27.8 Å². The zero-order valence-electron chi connectivity index (χ0n) is 22.7. The number of aliphatic hydroxyl groups excluding tert-OH is 1. The van der Waals surface area contributed by atoms with E-state index >= 15 is 0 Å². The largest absolute Gasteiger partial charge is 0.491 e. The Morgan fingerprint density at radius 1 is 1.27 bits per heavy atom. The summed E-state index contributed by atoms with van der Waals surface area (Å²) >= 11 is 2.91. The third-order valence-electron chi connectivity index (χ3n) is 6.69. The fourth-order valence-electron chi connectivity index (χ4n) is 4.48. The second kappa shape index (κ2) is 12.1. The Morgan fingerprint density at radius 2 is 1.95 bits per heavy atom. The maximum absolute atomic E-state index is 13.8. The number of anilines is 1. The Labute approximate surface area is 243 Å². The quantitative estimate of drug-likeness (QED) is 0.325. The van der Waals surface area contributed by atoms with Crippen LogP contribution in [0.4, 0.5) is 19.1 Å². The fourth-order valence-corrected chi connectivity index (χ4v) is 4.95.